The van der Waals surface area contributed by atoms with Crippen LogP contribution in [-0.2, 0) is 6.54 Å². The fraction of sp³-hybridized carbons (Fsp3) is 0.125. The Morgan fingerprint density at radius 1 is 1.07 bits per heavy atom. The lowest BCUT2D eigenvalue weighted by Gasteiger charge is -2.11. The minimum Gasteiger partial charge on any atom is -0.478 e. The van der Waals surface area contributed by atoms with Crippen LogP contribution in [0.3, 0.4) is 0 Å². The molecule has 0 heterocycles. The van der Waals surface area contributed by atoms with Crippen molar-refractivity contribution in [3.63, 3.8) is 0 Å². The van der Waals surface area contributed by atoms with E-state index in [0.29, 0.717) is 0 Å². The van der Waals surface area contributed by atoms with Gasteiger partial charge >= 0.3 is 5.97 Å². The van der Waals surface area contributed by atoms with Crippen LogP contribution in [0.2, 0.25) is 20.1 Å². The Hall–Kier alpha value is -0.190. The van der Waals surface area contributed by atoms with Gasteiger partial charge in [-0.1, -0.05) is 46.4 Å². The summed E-state index contributed by atoms with van der Waals surface area (Å²) in [6.07, 6.45) is 0. The molecule has 0 spiro atoms. The second-order valence-corrected chi connectivity index (χ2v) is 4.13. The van der Waals surface area contributed by atoms with Crippen LogP contribution in [0.15, 0.2) is 0 Å². The second kappa shape index (κ2) is 4.76. The van der Waals surface area contributed by atoms with Gasteiger partial charge in [-0.05, 0) is 0 Å². The van der Waals surface area contributed by atoms with Crippen molar-refractivity contribution in [3.05, 3.63) is 31.2 Å². The Morgan fingerprint density at radius 2 is 1.60 bits per heavy atom. The van der Waals surface area contributed by atoms with E-state index < -0.39 is 5.97 Å². The van der Waals surface area contributed by atoms with E-state index in [1.807, 2.05) is 0 Å². The summed E-state index contributed by atoms with van der Waals surface area (Å²) in [6.45, 7) is -0.0190. The van der Waals surface area contributed by atoms with E-state index in [1.165, 1.54) is 0 Å². The highest BCUT2D eigenvalue weighted by Gasteiger charge is 2.23. The molecule has 15 heavy (non-hydrogen) atoms. The second-order valence-electron chi connectivity index (χ2n) is 2.62. The van der Waals surface area contributed by atoms with Gasteiger partial charge in [-0.25, -0.2) is 4.79 Å². The fourth-order valence-corrected chi connectivity index (χ4v) is 2.29. The molecule has 0 saturated carbocycles. The maximum Gasteiger partial charge on any atom is 0.338 e. The SMILES string of the molecule is NCc1c(Cl)c(Cl)c(Cl)c(C(=O)O)c1Cl. The lowest BCUT2D eigenvalue weighted by atomic mass is 10.1. The van der Waals surface area contributed by atoms with Gasteiger partial charge in [0.2, 0.25) is 0 Å². The van der Waals surface area contributed by atoms with Crippen molar-refractivity contribution in [2.24, 2.45) is 5.73 Å². The zero-order valence-electron chi connectivity index (χ0n) is 7.15. The molecule has 0 amide bonds. The van der Waals surface area contributed by atoms with E-state index in [1.54, 1.807) is 0 Å². The van der Waals surface area contributed by atoms with E-state index in [0.717, 1.165) is 0 Å². The molecule has 0 fully saturated rings. The van der Waals surface area contributed by atoms with E-state index in [2.05, 4.69) is 0 Å². The minimum absolute atomic E-state index is 0.0190. The molecular formula is C8H5Cl4NO2. The highest BCUT2D eigenvalue weighted by atomic mass is 35.5. The Kier molecular flexibility index (Phi) is 4.09. The molecule has 0 unspecified atom stereocenters. The van der Waals surface area contributed by atoms with E-state index in [9.17, 15) is 4.79 Å². The van der Waals surface area contributed by atoms with Gasteiger partial charge in [0.25, 0.3) is 0 Å². The van der Waals surface area contributed by atoms with Gasteiger partial charge in [0, 0.05) is 12.1 Å². The van der Waals surface area contributed by atoms with E-state index in [4.69, 9.17) is 57.2 Å². The van der Waals surface area contributed by atoms with Crippen LogP contribution in [0.1, 0.15) is 15.9 Å². The van der Waals surface area contributed by atoms with Crippen LogP contribution in [-0.4, -0.2) is 11.1 Å². The number of carbonyl (C=O) groups is 1. The van der Waals surface area contributed by atoms with Crippen molar-refractivity contribution in [2.45, 2.75) is 6.54 Å². The van der Waals surface area contributed by atoms with Crippen LogP contribution < -0.4 is 5.73 Å². The van der Waals surface area contributed by atoms with Crippen LogP contribution >= 0.6 is 46.4 Å². The molecule has 1 aromatic rings. The third-order valence-electron chi connectivity index (χ3n) is 1.77. The number of nitrogens with two attached hydrogens (primary N) is 1. The minimum atomic E-state index is -1.28. The Bertz CT molecular complexity index is 433. The summed E-state index contributed by atoms with van der Waals surface area (Å²) in [7, 11) is 0. The fourth-order valence-electron chi connectivity index (χ4n) is 1.05. The largest absolute Gasteiger partial charge is 0.478 e. The lowest BCUT2D eigenvalue weighted by Crippen LogP contribution is -2.06. The Balaban J connectivity index is 3.68. The number of hydrogen-bond acceptors (Lipinski definition) is 2. The van der Waals surface area contributed by atoms with Gasteiger partial charge < -0.3 is 10.8 Å². The summed E-state index contributed by atoms with van der Waals surface area (Å²) < 4.78 is 0. The average Bonchev–Trinajstić information content (AvgIpc) is 2.15. The summed E-state index contributed by atoms with van der Waals surface area (Å²) in [5.41, 5.74) is 5.36. The third kappa shape index (κ3) is 2.17. The molecule has 0 aromatic heterocycles. The van der Waals surface area contributed by atoms with Crippen molar-refractivity contribution >= 4 is 52.4 Å². The topological polar surface area (TPSA) is 63.3 Å². The molecule has 7 heteroatoms. The van der Waals surface area contributed by atoms with Crippen molar-refractivity contribution in [3.8, 4) is 0 Å². The summed E-state index contributed by atoms with van der Waals surface area (Å²) in [6, 6.07) is 0. The number of benzene rings is 1. The molecule has 1 rings (SSSR count). The number of carboxylic acids is 1. The number of carboxylic acid groups (broad SMARTS) is 1. The molecule has 0 aliphatic rings. The van der Waals surface area contributed by atoms with Gasteiger partial charge in [-0.3, -0.25) is 0 Å². The molecule has 0 saturated heterocycles. The van der Waals surface area contributed by atoms with Gasteiger partial charge in [0.15, 0.2) is 0 Å². The van der Waals surface area contributed by atoms with Crippen molar-refractivity contribution < 1.29 is 9.90 Å². The highest BCUT2D eigenvalue weighted by molar-refractivity contribution is 6.51. The van der Waals surface area contributed by atoms with Crippen LogP contribution in [0, 0.1) is 0 Å². The molecule has 82 valence electrons. The van der Waals surface area contributed by atoms with Gasteiger partial charge in [0.05, 0.1) is 25.7 Å². The van der Waals surface area contributed by atoms with Crippen molar-refractivity contribution in [2.75, 3.05) is 0 Å². The average molecular weight is 289 g/mol. The number of aromatic carboxylic acids is 1. The number of rotatable bonds is 2. The molecule has 3 N–H and O–H groups in total. The highest BCUT2D eigenvalue weighted by Crippen LogP contribution is 2.40. The number of halogens is 4. The molecule has 1 aromatic carbocycles. The molecule has 3 nitrogen and oxygen atoms in total. The monoisotopic (exact) mass is 287 g/mol. The smallest absolute Gasteiger partial charge is 0.338 e. The number of hydrogen-bond donors (Lipinski definition) is 2. The molecule has 0 atom stereocenters. The normalized spacial score (nSPS) is 10.5. The summed E-state index contributed by atoms with van der Waals surface area (Å²) in [5, 5.41) is 8.63. The van der Waals surface area contributed by atoms with Crippen LogP contribution in [0.4, 0.5) is 0 Å². The van der Waals surface area contributed by atoms with Crippen LogP contribution in [0.25, 0.3) is 0 Å². The van der Waals surface area contributed by atoms with Crippen molar-refractivity contribution in [1.29, 1.82) is 0 Å². The summed E-state index contributed by atoms with van der Waals surface area (Å²) in [5.74, 6) is -1.28. The maximum atomic E-state index is 10.9. The predicted octanol–water partition coefficient (Wildman–Crippen LogP) is 3.46. The first-order chi connectivity index (χ1) is 6.91. The zero-order valence-corrected chi connectivity index (χ0v) is 10.2. The van der Waals surface area contributed by atoms with Gasteiger partial charge in [-0.15, -0.1) is 0 Å². The Morgan fingerprint density at radius 3 is 2.00 bits per heavy atom. The van der Waals surface area contributed by atoms with Gasteiger partial charge in [0.1, 0.15) is 0 Å². The first-order valence-corrected chi connectivity index (χ1v) is 5.21. The Labute approximate surface area is 106 Å². The lowest BCUT2D eigenvalue weighted by molar-refractivity contribution is 0.0697. The summed E-state index contributed by atoms with van der Waals surface area (Å²) in [4.78, 5) is 10.9. The van der Waals surface area contributed by atoms with Crippen LogP contribution in [0.5, 0.6) is 0 Å². The van der Waals surface area contributed by atoms with E-state index >= 15 is 0 Å². The van der Waals surface area contributed by atoms with E-state index in [-0.39, 0.29) is 37.8 Å². The first kappa shape index (κ1) is 12.9. The maximum absolute atomic E-state index is 10.9. The predicted molar refractivity (Wildman–Crippen MR) is 61.3 cm³/mol. The third-order valence-corrected chi connectivity index (χ3v) is 3.56. The molecule has 0 aliphatic heterocycles. The molecule has 0 radical (unpaired) electrons. The standard InChI is InChI=1S/C8H5Cl4NO2/c9-4-2(1-13)5(10)7(12)6(11)3(4)8(14)15/h1,13H2,(H,14,15). The quantitative estimate of drug-likeness (QED) is 0.647. The first-order valence-electron chi connectivity index (χ1n) is 3.70. The molecular weight excluding hydrogens is 284 g/mol. The van der Waals surface area contributed by atoms with Gasteiger partial charge in [-0.2, -0.15) is 0 Å². The molecule has 0 aliphatic carbocycles. The zero-order chi connectivity index (χ0) is 11.7. The molecule has 0 bridgehead atoms. The van der Waals surface area contributed by atoms with Crippen molar-refractivity contribution in [1.82, 2.24) is 0 Å². The summed E-state index contributed by atoms with van der Waals surface area (Å²) >= 11 is 23.1.